The van der Waals surface area contributed by atoms with Crippen LogP contribution in [0.15, 0.2) is 0 Å². The molecule has 0 aliphatic rings. The molecule has 0 radical (unpaired) electrons. The molecule has 0 N–H and O–H groups in total. The van der Waals surface area contributed by atoms with Crippen molar-refractivity contribution in [2.45, 2.75) is 163 Å². The first-order chi connectivity index (χ1) is 16.8. The van der Waals surface area contributed by atoms with Gasteiger partial charge in [-0.15, -0.1) is 0 Å². The summed E-state index contributed by atoms with van der Waals surface area (Å²) in [5, 5.41) is 0. The Morgan fingerprint density at radius 3 is 0.811 bits per heavy atom. The van der Waals surface area contributed by atoms with Crippen LogP contribution in [0.25, 0.3) is 0 Å². The van der Waals surface area contributed by atoms with Crippen LogP contribution >= 0.6 is 0 Å². The second kappa shape index (κ2) is 32.4. The van der Waals surface area contributed by atoms with E-state index < -0.39 is 0 Å². The van der Waals surface area contributed by atoms with Crippen molar-refractivity contribution in [2.24, 2.45) is 0 Å². The van der Waals surface area contributed by atoms with Gasteiger partial charge in [-0.05, 0) is 38.5 Å². The molecule has 0 saturated heterocycles. The Kier molecular flexibility index (Phi) is 38.6. The number of hydrogen-bond acceptors (Lipinski definition) is 0. The molecule has 0 unspecified atom stereocenters. The van der Waals surface area contributed by atoms with Crippen LogP contribution in [-0.4, -0.2) is 62.8 Å². The zero-order valence-corrected chi connectivity index (χ0v) is 28.1. The largest absolute Gasteiger partial charge is 1.00 e. The molecule has 0 aromatic heterocycles. The highest BCUT2D eigenvalue weighted by molar-refractivity contribution is 4.50. The number of nitrogens with zero attached hydrogens (tertiary/aromatic N) is 2. The van der Waals surface area contributed by atoms with Gasteiger partial charge in [-0.25, -0.2) is 0 Å². The van der Waals surface area contributed by atoms with Crippen molar-refractivity contribution in [1.82, 2.24) is 0 Å². The number of hydrogen-bond donors (Lipinski definition) is 0. The zero-order chi connectivity index (χ0) is 26.7. The Morgan fingerprint density at radius 1 is 0.324 bits per heavy atom. The standard InChI is InChI=1S/C17H38N.C16H36N.ClH.FH/c1-5-6-7-8-9-10-11-12-13-14-15-16-17-18(2,3)4;1-5-9-13-17(14-10-6-2,15-11-7-3)16-12-8-4;;/h5-17H2,1-4H3;5-16H2,1-4H3;2*1H/q2*+1;;/p-2. The van der Waals surface area contributed by atoms with Gasteiger partial charge >= 0.3 is 0 Å². The molecule has 0 fully saturated rings. The molecule has 0 spiro atoms. The van der Waals surface area contributed by atoms with E-state index in [0.717, 1.165) is 4.48 Å². The van der Waals surface area contributed by atoms with Gasteiger partial charge in [-0.1, -0.05) is 125 Å². The molecule has 0 aromatic carbocycles. The van der Waals surface area contributed by atoms with Crippen LogP contribution < -0.4 is 17.1 Å². The third kappa shape index (κ3) is 34.1. The quantitative estimate of drug-likeness (QED) is 0.116. The van der Waals surface area contributed by atoms with Gasteiger partial charge in [0.05, 0.1) is 53.9 Å². The van der Waals surface area contributed by atoms with Gasteiger partial charge in [-0.2, -0.15) is 0 Å². The first kappa shape index (κ1) is 44.2. The van der Waals surface area contributed by atoms with E-state index in [1.165, 1.54) is 166 Å². The molecule has 0 bridgehead atoms. The van der Waals surface area contributed by atoms with E-state index in [0.29, 0.717) is 0 Å². The Hall–Kier alpha value is 0.140. The molecule has 4 heteroatoms. The summed E-state index contributed by atoms with van der Waals surface area (Å²) in [6.45, 7) is 18.6. The molecule has 0 saturated carbocycles. The fourth-order valence-corrected chi connectivity index (χ4v) is 5.07. The van der Waals surface area contributed by atoms with E-state index in [-0.39, 0.29) is 17.1 Å². The summed E-state index contributed by atoms with van der Waals surface area (Å²) >= 11 is 0. The van der Waals surface area contributed by atoms with E-state index >= 15 is 0 Å². The molecule has 230 valence electrons. The van der Waals surface area contributed by atoms with E-state index in [9.17, 15) is 0 Å². The highest BCUT2D eigenvalue weighted by Gasteiger charge is 2.24. The van der Waals surface area contributed by atoms with E-state index in [2.05, 4.69) is 55.8 Å². The fraction of sp³-hybridized carbons (Fsp3) is 1.00. The summed E-state index contributed by atoms with van der Waals surface area (Å²) in [5.41, 5.74) is 0. The molecule has 0 rings (SSSR count). The molecule has 0 amide bonds. The molecular formula is C33H74ClFN2. The van der Waals surface area contributed by atoms with Crippen LogP contribution in [0.5, 0.6) is 0 Å². The molecular weight excluding hydrogens is 479 g/mol. The summed E-state index contributed by atoms with van der Waals surface area (Å²) in [5.74, 6) is 0. The average molecular weight is 553 g/mol. The molecule has 0 atom stereocenters. The van der Waals surface area contributed by atoms with Crippen LogP contribution in [0.1, 0.15) is 163 Å². The normalized spacial score (nSPS) is 11.4. The van der Waals surface area contributed by atoms with Crippen LogP contribution in [0, 0.1) is 0 Å². The lowest BCUT2D eigenvalue weighted by Gasteiger charge is -2.39. The Labute approximate surface area is 242 Å². The minimum Gasteiger partial charge on any atom is -1.00 e. The van der Waals surface area contributed by atoms with Gasteiger partial charge in [0.1, 0.15) is 0 Å². The summed E-state index contributed by atoms with van der Waals surface area (Å²) in [6.07, 6.45) is 28.4. The van der Waals surface area contributed by atoms with E-state index in [1.54, 1.807) is 0 Å². The minimum absolute atomic E-state index is 0. The predicted molar refractivity (Wildman–Crippen MR) is 163 cm³/mol. The maximum Gasteiger partial charge on any atom is 0.0786 e. The average Bonchev–Trinajstić information content (AvgIpc) is 2.83. The van der Waals surface area contributed by atoms with E-state index in [1.807, 2.05) is 0 Å². The maximum absolute atomic E-state index is 2.33. The molecule has 0 aromatic rings. The second-order valence-corrected chi connectivity index (χ2v) is 12.6. The minimum atomic E-state index is 0. The van der Waals surface area contributed by atoms with Crippen LogP contribution in [0.4, 0.5) is 0 Å². The van der Waals surface area contributed by atoms with Gasteiger partial charge in [0, 0.05) is 0 Å². The van der Waals surface area contributed by atoms with E-state index in [4.69, 9.17) is 0 Å². The van der Waals surface area contributed by atoms with Crippen LogP contribution in [-0.2, 0) is 0 Å². The van der Waals surface area contributed by atoms with Crippen LogP contribution in [0.3, 0.4) is 0 Å². The predicted octanol–water partition coefficient (Wildman–Crippen LogP) is 4.41. The number of unbranched alkanes of at least 4 members (excludes halogenated alkanes) is 15. The highest BCUT2D eigenvalue weighted by Crippen LogP contribution is 2.16. The Bertz CT molecular complexity index is 361. The monoisotopic (exact) mass is 553 g/mol. The SMILES string of the molecule is CCCCCCCCCCCCCC[N+](C)(C)C.CCCC[N+](CCCC)(CCCC)CCCC.[Cl-].[F-]. The third-order valence-corrected chi connectivity index (χ3v) is 7.63. The van der Waals surface area contributed by atoms with Gasteiger partial charge < -0.3 is 26.1 Å². The van der Waals surface area contributed by atoms with Crippen LogP contribution in [0.2, 0.25) is 0 Å². The van der Waals surface area contributed by atoms with Gasteiger partial charge in [0.2, 0.25) is 0 Å². The third-order valence-electron chi connectivity index (χ3n) is 7.63. The Morgan fingerprint density at radius 2 is 0.568 bits per heavy atom. The summed E-state index contributed by atoms with van der Waals surface area (Å²) in [6, 6.07) is 0. The number of quaternary nitrogens is 2. The lowest BCUT2D eigenvalue weighted by atomic mass is 10.1. The lowest BCUT2D eigenvalue weighted by Crippen LogP contribution is -3.00. The van der Waals surface area contributed by atoms with Crippen molar-refractivity contribution in [3.63, 3.8) is 0 Å². The van der Waals surface area contributed by atoms with Crippen molar-refractivity contribution >= 4 is 0 Å². The maximum atomic E-state index is 2.33. The van der Waals surface area contributed by atoms with Crippen molar-refractivity contribution in [3.8, 4) is 0 Å². The van der Waals surface area contributed by atoms with Crippen molar-refractivity contribution in [1.29, 1.82) is 0 Å². The molecule has 0 heterocycles. The fourth-order valence-electron chi connectivity index (χ4n) is 5.07. The highest BCUT2D eigenvalue weighted by atomic mass is 35.5. The molecule has 37 heavy (non-hydrogen) atoms. The second-order valence-electron chi connectivity index (χ2n) is 12.6. The van der Waals surface area contributed by atoms with Crippen molar-refractivity contribution in [3.05, 3.63) is 0 Å². The summed E-state index contributed by atoms with van der Waals surface area (Å²) in [7, 11) is 6.87. The number of halogens is 2. The smallest absolute Gasteiger partial charge is 0.0786 e. The first-order valence-corrected chi connectivity index (χ1v) is 16.5. The summed E-state index contributed by atoms with van der Waals surface area (Å²) in [4.78, 5) is 0. The van der Waals surface area contributed by atoms with Gasteiger partial charge in [0.15, 0.2) is 0 Å². The molecule has 2 nitrogen and oxygen atoms in total. The number of rotatable bonds is 25. The topological polar surface area (TPSA) is 0 Å². The van der Waals surface area contributed by atoms with Crippen molar-refractivity contribution < 1.29 is 26.1 Å². The molecule has 0 aliphatic carbocycles. The van der Waals surface area contributed by atoms with Gasteiger partial charge in [-0.3, -0.25) is 0 Å². The summed E-state index contributed by atoms with van der Waals surface area (Å²) < 4.78 is 2.54. The van der Waals surface area contributed by atoms with Gasteiger partial charge in [0.25, 0.3) is 0 Å². The zero-order valence-electron chi connectivity index (χ0n) is 27.3. The first-order valence-electron chi connectivity index (χ1n) is 16.5. The molecule has 0 aliphatic heterocycles. The Balaban J connectivity index is -0.000000280. The lowest BCUT2D eigenvalue weighted by molar-refractivity contribution is -0.929. The van der Waals surface area contributed by atoms with Crippen molar-refractivity contribution in [2.75, 3.05) is 53.9 Å².